The van der Waals surface area contributed by atoms with Crippen molar-refractivity contribution in [3.8, 4) is 22.6 Å². The fraction of sp³-hybridized carbons (Fsp3) is 0.381. The van der Waals surface area contributed by atoms with E-state index in [1.807, 2.05) is 0 Å². The van der Waals surface area contributed by atoms with Crippen molar-refractivity contribution in [3.63, 3.8) is 0 Å². The molecule has 0 saturated carbocycles. The first-order chi connectivity index (χ1) is 15.0. The third-order valence-corrected chi connectivity index (χ3v) is 3.96. The number of aliphatic hydroxyl groups excluding tert-OH is 1. The fourth-order valence-corrected chi connectivity index (χ4v) is 2.80. The van der Waals surface area contributed by atoms with Gasteiger partial charge in [0.25, 0.3) is 0 Å². The van der Waals surface area contributed by atoms with Crippen molar-refractivity contribution in [2.75, 3.05) is 13.2 Å². The average molecular weight is 457 g/mol. The molecular formula is C21H22F3NO7. The van der Waals surface area contributed by atoms with Gasteiger partial charge < -0.3 is 24.1 Å². The second kappa shape index (κ2) is 10.3. The number of alkyl halides is 3. The second-order valence-corrected chi connectivity index (χ2v) is 6.80. The molecular weight excluding hydrogens is 435 g/mol. The number of halogens is 3. The molecule has 32 heavy (non-hydrogen) atoms. The Hall–Kier alpha value is -3.34. The van der Waals surface area contributed by atoms with Crippen molar-refractivity contribution in [1.29, 1.82) is 0 Å². The van der Waals surface area contributed by atoms with E-state index in [0.29, 0.717) is 0 Å². The highest BCUT2D eigenvalue weighted by Crippen LogP contribution is 2.47. The van der Waals surface area contributed by atoms with Crippen LogP contribution in [0.2, 0.25) is 0 Å². The summed E-state index contributed by atoms with van der Waals surface area (Å²) in [7, 11) is 0. The molecule has 1 aromatic heterocycles. The topological polar surface area (TPSA) is 104 Å². The molecule has 1 heterocycles. The maximum atomic E-state index is 13.8. The number of nitrogens with zero attached hydrogens (tertiary/aromatic N) is 1. The van der Waals surface area contributed by atoms with Crippen molar-refractivity contribution < 1.29 is 46.8 Å². The number of aromatic nitrogens is 1. The zero-order chi connectivity index (χ0) is 24.1. The lowest BCUT2D eigenvalue weighted by Gasteiger charge is -2.21. The fourth-order valence-electron chi connectivity index (χ4n) is 2.80. The van der Waals surface area contributed by atoms with Crippen LogP contribution in [0.4, 0.5) is 22.8 Å². The van der Waals surface area contributed by atoms with Crippen LogP contribution in [0.3, 0.4) is 0 Å². The monoisotopic (exact) mass is 457 g/mol. The molecule has 174 valence electrons. The maximum Gasteiger partial charge on any atom is 0.514 e. The highest BCUT2D eigenvalue weighted by atomic mass is 19.4. The van der Waals surface area contributed by atoms with Crippen LogP contribution in [0.1, 0.15) is 30.8 Å². The highest BCUT2D eigenvalue weighted by molar-refractivity contribution is 5.85. The zero-order valence-electron chi connectivity index (χ0n) is 17.8. The summed E-state index contributed by atoms with van der Waals surface area (Å²) in [6, 6.07) is 4.52. The van der Waals surface area contributed by atoms with E-state index in [9.17, 15) is 22.8 Å². The summed E-state index contributed by atoms with van der Waals surface area (Å²) >= 11 is 0. The summed E-state index contributed by atoms with van der Waals surface area (Å²) in [5.41, 5.74) is -1.69. The number of aryl methyl sites for hydroxylation is 2. The largest absolute Gasteiger partial charge is 0.514 e. The number of pyridine rings is 1. The molecule has 0 saturated heterocycles. The van der Waals surface area contributed by atoms with Crippen molar-refractivity contribution in [2.45, 2.75) is 40.0 Å². The predicted octanol–water partition coefficient (Wildman–Crippen LogP) is 4.82. The molecule has 0 bridgehead atoms. The Morgan fingerprint density at radius 3 is 2.12 bits per heavy atom. The van der Waals surface area contributed by atoms with Gasteiger partial charge in [-0.25, -0.2) is 9.59 Å². The van der Waals surface area contributed by atoms with Gasteiger partial charge in [0, 0.05) is 5.56 Å². The molecule has 1 N–H and O–H groups in total. The first-order valence-corrected chi connectivity index (χ1v) is 9.47. The van der Waals surface area contributed by atoms with Gasteiger partial charge in [-0.1, -0.05) is 18.2 Å². The summed E-state index contributed by atoms with van der Waals surface area (Å²) < 4.78 is 61.2. The van der Waals surface area contributed by atoms with Crippen molar-refractivity contribution >= 4 is 12.3 Å². The highest BCUT2D eigenvalue weighted by Gasteiger charge is 2.36. The van der Waals surface area contributed by atoms with Gasteiger partial charge in [-0.15, -0.1) is 0 Å². The van der Waals surface area contributed by atoms with Crippen LogP contribution in [-0.2, 0) is 15.7 Å². The summed E-state index contributed by atoms with van der Waals surface area (Å²) in [4.78, 5) is 28.3. The normalized spacial score (nSPS) is 11.3. The first-order valence-electron chi connectivity index (χ1n) is 9.47. The van der Waals surface area contributed by atoms with Gasteiger partial charge in [0.2, 0.25) is 0 Å². The number of carbonyl (C=O) groups is 2. The Labute approximate surface area is 181 Å². The average Bonchev–Trinajstić information content (AvgIpc) is 2.69. The van der Waals surface area contributed by atoms with Gasteiger partial charge >= 0.3 is 18.5 Å². The van der Waals surface area contributed by atoms with Crippen molar-refractivity contribution in [1.82, 2.24) is 4.98 Å². The summed E-state index contributed by atoms with van der Waals surface area (Å²) in [6.45, 7) is 5.06. The first kappa shape index (κ1) is 24.9. The van der Waals surface area contributed by atoms with E-state index in [1.165, 1.54) is 26.0 Å². The van der Waals surface area contributed by atoms with E-state index in [0.717, 1.165) is 12.1 Å². The number of rotatable bonds is 6. The second-order valence-electron chi connectivity index (χ2n) is 6.80. The standard InChI is InChI=1S/C21H22F3NO7/c1-11(2)30-20(28)32-18-13(4)25-12(3)17(31-19(27)29-10-9-26)16(18)14-7-5-6-8-15(14)21(22,23)24/h5-8,11,26H,9-10H2,1-4H3. The Balaban J connectivity index is 2.77. The Kier molecular flexibility index (Phi) is 8.03. The quantitative estimate of drug-likeness (QED) is 0.616. The maximum absolute atomic E-state index is 13.8. The minimum absolute atomic E-state index is 0.0417. The Bertz CT molecular complexity index is 990. The number of hydrogen-bond donors (Lipinski definition) is 1. The SMILES string of the molecule is Cc1nc(C)c(OC(=O)OC(C)C)c(-c2ccccc2C(F)(F)F)c1OC(=O)OCCO. The lowest BCUT2D eigenvalue weighted by Crippen LogP contribution is -2.19. The number of carbonyl (C=O) groups excluding carboxylic acids is 2. The molecule has 8 nitrogen and oxygen atoms in total. The minimum Gasteiger partial charge on any atom is -0.432 e. The van der Waals surface area contributed by atoms with Gasteiger partial charge in [-0.05, 0) is 33.8 Å². The Morgan fingerprint density at radius 2 is 1.59 bits per heavy atom. The van der Waals surface area contributed by atoms with Crippen LogP contribution in [0.25, 0.3) is 11.1 Å². The van der Waals surface area contributed by atoms with Crippen LogP contribution >= 0.6 is 0 Å². The molecule has 0 aliphatic carbocycles. The molecule has 1 aromatic carbocycles. The van der Waals surface area contributed by atoms with Crippen LogP contribution < -0.4 is 9.47 Å². The molecule has 0 aliphatic heterocycles. The third kappa shape index (κ3) is 6.10. The van der Waals surface area contributed by atoms with Gasteiger partial charge in [0.05, 0.1) is 35.2 Å². The van der Waals surface area contributed by atoms with Gasteiger partial charge in [0.1, 0.15) is 6.61 Å². The number of ether oxygens (including phenoxy) is 4. The minimum atomic E-state index is -4.77. The van der Waals surface area contributed by atoms with Crippen LogP contribution in [-0.4, -0.2) is 41.7 Å². The summed E-state index contributed by atoms with van der Waals surface area (Å²) in [5, 5.41) is 8.80. The predicted molar refractivity (Wildman–Crippen MR) is 105 cm³/mol. The lowest BCUT2D eigenvalue weighted by molar-refractivity contribution is -0.137. The number of aliphatic hydroxyl groups is 1. The molecule has 11 heteroatoms. The molecule has 0 spiro atoms. The molecule has 0 atom stereocenters. The number of hydrogen-bond acceptors (Lipinski definition) is 8. The molecule has 0 unspecified atom stereocenters. The van der Waals surface area contributed by atoms with Crippen molar-refractivity contribution in [3.05, 3.63) is 41.2 Å². The molecule has 2 rings (SSSR count). The zero-order valence-corrected chi connectivity index (χ0v) is 17.8. The van der Waals surface area contributed by atoms with E-state index >= 15 is 0 Å². The summed E-state index contributed by atoms with van der Waals surface area (Å²) in [5.74, 6) is -0.773. The van der Waals surface area contributed by atoms with E-state index in [-0.39, 0.29) is 22.7 Å². The summed E-state index contributed by atoms with van der Waals surface area (Å²) in [6.07, 6.45) is -7.79. The van der Waals surface area contributed by atoms with E-state index in [1.54, 1.807) is 13.8 Å². The molecule has 0 radical (unpaired) electrons. The van der Waals surface area contributed by atoms with Crippen molar-refractivity contribution in [2.24, 2.45) is 0 Å². The molecule has 2 aromatic rings. The smallest absolute Gasteiger partial charge is 0.432 e. The molecule has 0 aliphatic rings. The third-order valence-electron chi connectivity index (χ3n) is 3.96. The van der Waals surface area contributed by atoms with Crippen LogP contribution in [0.15, 0.2) is 24.3 Å². The van der Waals surface area contributed by atoms with Gasteiger partial charge in [-0.2, -0.15) is 13.2 Å². The van der Waals surface area contributed by atoms with E-state index in [2.05, 4.69) is 9.72 Å². The van der Waals surface area contributed by atoms with Gasteiger partial charge in [-0.3, -0.25) is 4.98 Å². The number of benzene rings is 1. The Morgan fingerprint density at radius 1 is 1.03 bits per heavy atom. The van der Waals surface area contributed by atoms with Gasteiger partial charge in [0.15, 0.2) is 11.5 Å². The lowest BCUT2D eigenvalue weighted by atomic mass is 9.96. The van der Waals surface area contributed by atoms with E-state index < -0.39 is 54.7 Å². The van der Waals surface area contributed by atoms with Crippen LogP contribution in [0, 0.1) is 13.8 Å². The van der Waals surface area contributed by atoms with Crippen LogP contribution in [0.5, 0.6) is 11.5 Å². The molecule has 0 amide bonds. The van der Waals surface area contributed by atoms with E-state index in [4.69, 9.17) is 19.3 Å². The molecule has 0 fully saturated rings.